The summed E-state index contributed by atoms with van der Waals surface area (Å²) < 4.78 is 13.9. The monoisotopic (exact) mass is 431 g/mol. The van der Waals surface area contributed by atoms with Crippen LogP contribution in [0.15, 0.2) is 71.7 Å². The second-order valence-electron chi connectivity index (χ2n) is 7.08. The molecule has 5 nitrogen and oxygen atoms in total. The molecule has 0 N–H and O–H groups in total. The summed E-state index contributed by atoms with van der Waals surface area (Å²) in [5, 5.41) is 11.5. The van der Waals surface area contributed by atoms with Crippen LogP contribution in [-0.4, -0.2) is 16.1 Å². The summed E-state index contributed by atoms with van der Waals surface area (Å²) in [6.45, 7) is 4.04. The molecule has 4 aromatic rings. The lowest BCUT2D eigenvalue weighted by Crippen LogP contribution is -1.89. The Kier molecular flexibility index (Phi) is 5.68. The zero-order valence-corrected chi connectivity index (χ0v) is 17.7. The van der Waals surface area contributed by atoms with E-state index in [2.05, 4.69) is 11.1 Å². The van der Waals surface area contributed by atoms with Crippen LogP contribution >= 0.6 is 11.3 Å². The quantitative estimate of drug-likeness (QED) is 0.196. The van der Waals surface area contributed by atoms with E-state index in [1.165, 1.54) is 35.8 Å². The number of non-ortho nitro benzene ring substituents is 1. The van der Waals surface area contributed by atoms with E-state index in [1.54, 1.807) is 30.3 Å². The molecule has 3 aromatic carbocycles. The van der Waals surface area contributed by atoms with Crippen molar-refractivity contribution in [3.63, 3.8) is 0 Å². The molecular weight excluding hydrogens is 413 g/mol. The number of halogens is 1. The molecule has 0 spiro atoms. The van der Waals surface area contributed by atoms with Gasteiger partial charge in [-0.05, 0) is 43.2 Å². The SMILES string of the molecule is Cc1ccc(-c2nc(N=Cc3ccccc3F)sc2-c2ccc([N+](=O)[O-])cc2)c(C)c1. The van der Waals surface area contributed by atoms with Crippen molar-refractivity contribution in [2.75, 3.05) is 0 Å². The minimum atomic E-state index is -0.425. The molecule has 0 amide bonds. The molecule has 0 aliphatic rings. The Hall–Kier alpha value is -3.71. The fourth-order valence-corrected chi connectivity index (χ4v) is 4.19. The van der Waals surface area contributed by atoms with Crippen molar-refractivity contribution < 1.29 is 9.31 Å². The predicted molar refractivity (Wildman–Crippen MR) is 123 cm³/mol. The number of hydrogen-bond acceptors (Lipinski definition) is 5. The van der Waals surface area contributed by atoms with Crippen LogP contribution in [0.1, 0.15) is 16.7 Å². The summed E-state index contributed by atoms with van der Waals surface area (Å²) in [5.74, 6) is -0.354. The van der Waals surface area contributed by atoms with Gasteiger partial charge in [0.15, 0.2) is 0 Å². The smallest absolute Gasteiger partial charge is 0.258 e. The third-order valence-corrected chi connectivity index (χ3v) is 5.82. The van der Waals surface area contributed by atoms with Crippen LogP contribution in [0.2, 0.25) is 0 Å². The van der Waals surface area contributed by atoms with E-state index in [0.717, 1.165) is 32.8 Å². The second-order valence-corrected chi connectivity index (χ2v) is 8.05. The molecule has 0 radical (unpaired) electrons. The molecule has 7 heteroatoms. The topological polar surface area (TPSA) is 68.4 Å². The number of benzene rings is 3. The number of nitro benzene ring substituents is 1. The maximum atomic E-state index is 13.9. The van der Waals surface area contributed by atoms with Crippen LogP contribution in [0.5, 0.6) is 0 Å². The van der Waals surface area contributed by atoms with E-state index in [4.69, 9.17) is 4.98 Å². The summed E-state index contributed by atoms with van der Waals surface area (Å²) in [5.41, 5.74) is 5.14. The van der Waals surface area contributed by atoms with Gasteiger partial charge < -0.3 is 0 Å². The van der Waals surface area contributed by atoms with Gasteiger partial charge >= 0.3 is 0 Å². The van der Waals surface area contributed by atoms with Gasteiger partial charge in [0.1, 0.15) is 5.82 Å². The zero-order valence-electron chi connectivity index (χ0n) is 16.9. The highest BCUT2D eigenvalue weighted by molar-refractivity contribution is 7.19. The minimum Gasteiger partial charge on any atom is -0.258 e. The van der Waals surface area contributed by atoms with Crippen molar-refractivity contribution in [1.82, 2.24) is 4.98 Å². The lowest BCUT2D eigenvalue weighted by molar-refractivity contribution is -0.384. The van der Waals surface area contributed by atoms with Crippen molar-refractivity contribution in [3.05, 3.63) is 99.4 Å². The van der Waals surface area contributed by atoms with Crippen molar-refractivity contribution >= 4 is 28.4 Å². The average molecular weight is 431 g/mol. The number of nitro groups is 1. The number of hydrogen-bond donors (Lipinski definition) is 0. The van der Waals surface area contributed by atoms with Gasteiger partial charge in [-0.1, -0.05) is 53.3 Å². The van der Waals surface area contributed by atoms with Gasteiger partial charge in [-0.15, -0.1) is 0 Å². The van der Waals surface area contributed by atoms with E-state index < -0.39 is 4.92 Å². The molecule has 0 saturated heterocycles. The molecule has 0 saturated carbocycles. The summed E-state index contributed by atoms with van der Waals surface area (Å²) in [4.78, 5) is 20.5. The maximum Gasteiger partial charge on any atom is 0.269 e. The largest absolute Gasteiger partial charge is 0.269 e. The molecular formula is C24H18FN3O2S. The zero-order chi connectivity index (χ0) is 22.0. The number of aliphatic imine (C=N–C) groups is 1. The van der Waals surface area contributed by atoms with Crippen LogP contribution in [0.4, 0.5) is 15.2 Å². The third-order valence-electron chi connectivity index (χ3n) is 4.81. The Bertz CT molecular complexity index is 1300. The lowest BCUT2D eigenvalue weighted by Gasteiger charge is -2.07. The Morgan fingerprint density at radius 3 is 2.48 bits per heavy atom. The van der Waals surface area contributed by atoms with Gasteiger partial charge in [0, 0.05) is 29.5 Å². The Labute approximate surface area is 182 Å². The number of rotatable bonds is 5. The van der Waals surface area contributed by atoms with E-state index in [9.17, 15) is 14.5 Å². The third kappa shape index (κ3) is 4.41. The van der Waals surface area contributed by atoms with E-state index in [1.807, 2.05) is 26.0 Å². The highest BCUT2D eigenvalue weighted by atomic mass is 32.1. The molecule has 154 valence electrons. The van der Waals surface area contributed by atoms with Gasteiger partial charge in [0.25, 0.3) is 5.69 Å². The number of thiazole rings is 1. The molecule has 0 aliphatic heterocycles. The van der Waals surface area contributed by atoms with Crippen LogP contribution in [-0.2, 0) is 0 Å². The summed E-state index contributed by atoms with van der Waals surface area (Å²) in [7, 11) is 0. The molecule has 4 rings (SSSR count). The first kappa shape index (κ1) is 20.6. The van der Waals surface area contributed by atoms with Crippen LogP contribution in [0, 0.1) is 29.8 Å². The highest BCUT2D eigenvalue weighted by Gasteiger charge is 2.17. The maximum absolute atomic E-state index is 13.9. The molecule has 1 aromatic heterocycles. The summed E-state index contributed by atoms with van der Waals surface area (Å²) >= 11 is 1.36. The summed E-state index contributed by atoms with van der Waals surface area (Å²) in [6, 6.07) is 18.9. The molecule has 31 heavy (non-hydrogen) atoms. The van der Waals surface area contributed by atoms with Crippen molar-refractivity contribution in [1.29, 1.82) is 0 Å². The standard InChI is InChI=1S/C24H18FN3O2S/c1-15-7-12-20(16(2)13-15)22-23(17-8-10-19(11-9-17)28(29)30)31-24(27-22)26-14-18-5-3-4-6-21(18)25/h3-14H,1-2H3. The number of nitrogens with zero attached hydrogens (tertiary/aromatic N) is 3. The highest BCUT2D eigenvalue weighted by Crippen LogP contribution is 2.41. The molecule has 0 fully saturated rings. The summed E-state index contributed by atoms with van der Waals surface area (Å²) in [6.07, 6.45) is 1.46. The minimum absolute atomic E-state index is 0.0270. The first-order valence-corrected chi connectivity index (χ1v) is 10.4. The first-order valence-electron chi connectivity index (χ1n) is 9.54. The Morgan fingerprint density at radius 2 is 1.81 bits per heavy atom. The van der Waals surface area contributed by atoms with Crippen molar-refractivity contribution in [3.8, 4) is 21.7 Å². The van der Waals surface area contributed by atoms with Crippen molar-refractivity contribution in [2.45, 2.75) is 13.8 Å². The first-order chi connectivity index (χ1) is 14.9. The van der Waals surface area contributed by atoms with Gasteiger partial charge in [0.2, 0.25) is 5.13 Å². The van der Waals surface area contributed by atoms with Crippen LogP contribution in [0.25, 0.3) is 21.7 Å². The molecule has 0 aliphatic carbocycles. The van der Waals surface area contributed by atoms with Gasteiger partial charge in [-0.2, -0.15) is 0 Å². The molecule has 1 heterocycles. The lowest BCUT2D eigenvalue weighted by atomic mass is 10.0. The Balaban J connectivity index is 1.82. The average Bonchev–Trinajstić information content (AvgIpc) is 3.17. The van der Waals surface area contributed by atoms with E-state index in [-0.39, 0.29) is 11.5 Å². The van der Waals surface area contributed by atoms with Gasteiger partial charge in [-0.25, -0.2) is 14.4 Å². The predicted octanol–water partition coefficient (Wildman–Crippen LogP) is 6.89. The van der Waals surface area contributed by atoms with Crippen LogP contribution in [0.3, 0.4) is 0 Å². The Morgan fingerprint density at radius 1 is 1.06 bits per heavy atom. The number of aryl methyl sites for hydroxylation is 2. The van der Waals surface area contributed by atoms with Crippen molar-refractivity contribution in [2.24, 2.45) is 4.99 Å². The number of aromatic nitrogens is 1. The normalized spacial score (nSPS) is 11.2. The van der Waals surface area contributed by atoms with Crippen LogP contribution < -0.4 is 0 Å². The van der Waals surface area contributed by atoms with Gasteiger partial charge in [0.05, 0.1) is 15.5 Å². The molecule has 0 bridgehead atoms. The fourth-order valence-electron chi connectivity index (χ4n) is 3.26. The van der Waals surface area contributed by atoms with Gasteiger partial charge in [-0.3, -0.25) is 10.1 Å². The fraction of sp³-hybridized carbons (Fsp3) is 0.0833. The van der Waals surface area contributed by atoms with E-state index >= 15 is 0 Å². The second kappa shape index (κ2) is 8.57. The van der Waals surface area contributed by atoms with E-state index in [0.29, 0.717) is 10.7 Å². The molecule has 0 unspecified atom stereocenters. The molecule has 0 atom stereocenters.